The number of aryl methyl sites for hydroxylation is 1. The molecule has 1 aromatic rings. The van der Waals surface area contributed by atoms with E-state index in [1.165, 1.54) is 5.56 Å². The highest BCUT2D eigenvalue weighted by atomic mass is 16.5. The third-order valence-corrected chi connectivity index (χ3v) is 4.63. The van der Waals surface area contributed by atoms with Crippen LogP contribution < -0.4 is 10.1 Å². The first-order valence-corrected chi connectivity index (χ1v) is 9.40. The second-order valence-electron chi connectivity index (χ2n) is 7.20. The van der Waals surface area contributed by atoms with Gasteiger partial charge in [0.05, 0.1) is 0 Å². The van der Waals surface area contributed by atoms with Crippen LogP contribution in [0.25, 0.3) is 0 Å². The second-order valence-corrected chi connectivity index (χ2v) is 7.20. The molecule has 0 aliphatic carbocycles. The minimum Gasteiger partial charge on any atom is -0.491 e. The number of nitrogens with zero attached hydrogens (tertiary/aromatic N) is 1. The van der Waals surface area contributed by atoms with Crippen LogP contribution in [0.15, 0.2) is 24.3 Å². The molecular formula is C20H32N2O3. The third kappa shape index (κ3) is 6.67. The fourth-order valence-electron chi connectivity index (χ4n) is 3.14. The standard InChI is InChI=1S/C20H32N2O3/c1-4-16-5-7-19(8-6-16)25-14-18(23)13-22-11-9-17(10-12-22)20(24)21-15(2)3/h5-8,15,17-18,23H,4,9-14H2,1-3H3,(H,21,24). The number of hydrogen-bond acceptors (Lipinski definition) is 4. The molecule has 0 radical (unpaired) electrons. The van der Waals surface area contributed by atoms with Crippen molar-refractivity contribution in [1.82, 2.24) is 10.2 Å². The van der Waals surface area contributed by atoms with Gasteiger partial charge in [-0.05, 0) is 63.9 Å². The molecule has 1 atom stereocenters. The highest BCUT2D eigenvalue weighted by Crippen LogP contribution is 2.18. The van der Waals surface area contributed by atoms with Crippen LogP contribution >= 0.6 is 0 Å². The number of amides is 1. The van der Waals surface area contributed by atoms with Gasteiger partial charge in [-0.1, -0.05) is 19.1 Å². The maximum Gasteiger partial charge on any atom is 0.223 e. The van der Waals surface area contributed by atoms with E-state index in [1.807, 2.05) is 26.0 Å². The molecule has 1 aliphatic rings. The lowest BCUT2D eigenvalue weighted by atomic mass is 9.95. The van der Waals surface area contributed by atoms with Gasteiger partial charge in [-0.25, -0.2) is 0 Å². The Labute approximate surface area is 151 Å². The van der Waals surface area contributed by atoms with E-state index in [9.17, 15) is 9.90 Å². The predicted molar refractivity (Wildman–Crippen MR) is 99.8 cm³/mol. The van der Waals surface area contributed by atoms with Crippen LogP contribution in [0.5, 0.6) is 5.75 Å². The number of β-amino-alcohol motifs (C(OH)–C–C–N with tert-alkyl or cyclic N) is 1. The first-order valence-electron chi connectivity index (χ1n) is 9.40. The fraction of sp³-hybridized carbons (Fsp3) is 0.650. The molecule has 2 N–H and O–H groups in total. The van der Waals surface area contributed by atoms with E-state index in [2.05, 4.69) is 29.3 Å². The molecule has 1 heterocycles. The average Bonchev–Trinajstić information content (AvgIpc) is 2.60. The van der Waals surface area contributed by atoms with Crippen LogP contribution in [0.1, 0.15) is 39.2 Å². The summed E-state index contributed by atoms with van der Waals surface area (Å²) >= 11 is 0. The lowest BCUT2D eigenvalue weighted by Crippen LogP contribution is -2.45. The third-order valence-electron chi connectivity index (χ3n) is 4.63. The van der Waals surface area contributed by atoms with Gasteiger partial charge in [0.15, 0.2) is 0 Å². The highest BCUT2D eigenvalue weighted by molar-refractivity contribution is 5.78. The fourth-order valence-corrected chi connectivity index (χ4v) is 3.14. The van der Waals surface area contributed by atoms with Crippen LogP contribution in [0.4, 0.5) is 0 Å². The summed E-state index contributed by atoms with van der Waals surface area (Å²) in [5.74, 6) is 1.05. The zero-order valence-electron chi connectivity index (χ0n) is 15.7. The molecule has 1 saturated heterocycles. The van der Waals surface area contributed by atoms with Crippen molar-refractivity contribution in [2.75, 3.05) is 26.2 Å². The van der Waals surface area contributed by atoms with Gasteiger partial charge >= 0.3 is 0 Å². The topological polar surface area (TPSA) is 61.8 Å². The number of ether oxygens (including phenoxy) is 1. The van der Waals surface area contributed by atoms with E-state index >= 15 is 0 Å². The Morgan fingerprint density at radius 1 is 1.28 bits per heavy atom. The number of hydrogen-bond donors (Lipinski definition) is 2. The summed E-state index contributed by atoms with van der Waals surface area (Å²) in [7, 11) is 0. The second kappa shape index (κ2) is 9.78. The molecule has 0 aromatic heterocycles. The van der Waals surface area contributed by atoms with E-state index in [0.717, 1.165) is 38.1 Å². The van der Waals surface area contributed by atoms with Crippen molar-refractivity contribution in [1.29, 1.82) is 0 Å². The zero-order valence-corrected chi connectivity index (χ0v) is 15.7. The molecule has 5 heteroatoms. The Morgan fingerprint density at radius 2 is 1.92 bits per heavy atom. The monoisotopic (exact) mass is 348 g/mol. The summed E-state index contributed by atoms with van der Waals surface area (Å²) < 4.78 is 5.67. The molecule has 1 unspecified atom stereocenters. The number of likely N-dealkylation sites (tertiary alicyclic amines) is 1. The van der Waals surface area contributed by atoms with Crippen molar-refractivity contribution >= 4 is 5.91 Å². The van der Waals surface area contributed by atoms with Crippen LogP contribution in [-0.4, -0.2) is 54.3 Å². The minimum atomic E-state index is -0.521. The first kappa shape index (κ1) is 19.7. The number of carbonyl (C=O) groups excluding carboxylic acids is 1. The molecular weight excluding hydrogens is 316 g/mol. The highest BCUT2D eigenvalue weighted by Gasteiger charge is 2.26. The number of piperidine rings is 1. The van der Waals surface area contributed by atoms with Crippen molar-refractivity contribution < 1.29 is 14.6 Å². The maximum absolute atomic E-state index is 12.0. The summed E-state index contributed by atoms with van der Waals surface area (Å²) in [5.41, 5.74) is 1.28. The number of aliphatic hydroxyl groups is 1. The number of carbonyl (C=O) groups is 1. The van der Waals surface area contributed by atoms with E-state index in [1.54, 1.807) is 0 Å². The number of nitrogens with one attached hydrogen (secondary N) is 1. The van der Waals surface area contributed by atoms with E-state index in [4.69, 9.17) is 4.74 Å². The lowest BCUT2D eigenvalue weighted by molar-refractivity contribution is -0.127. The molecule has 0 saturated carbocycles. The SMILES string of the molecule is CCc1ccc(OCC(O)CN2CCC(C(=O)NC(C)C)CC2)cc1. The molecule has 1 aromatic carbocycles. The van der Waals surface area contributed by atoms with Crippen molar-refractivity contribution in [2.24, 2.45) is 5.92 Å². The normalized spacial score (nSPS) is 17.5. The Bertz CT molecular complexity index is 522. The van der Waals surface area contributed by atoms with Crippen LogP contribution in [-0.2, 0) is 11.2 Å². The molecule has 1 fully saturated rings. The summed E-state index contributed by atoms with van der Waals surface area (Å²) in [4.78, 5) is 14.3. The summed E-state index contributed by atoms with van der Waals surface area (Å²) in [6, 6.07) is 8.19. The van der Waals surface area contributed by atoms with Gasteiger partial charge in [-0.3, -0.25) is 4.79 Å². The van der Waals surface area contributed by atoms with E-state index < -0.39 is 6.10 Å². The predicted octanol–water partition coefficient (Wildman–Crippen LogP) is 2.23. The van der Waals surface area contributed by atoms with Crippen molar-refractivity contribution in [2.45, 2.75) is 52.2 Å². The van der Waals surface area contributed by atoms with E-state index in [0.29, 0.717) is 13.2 Å². The van der Waals surface area contributed by atoms with Gasteiger partial charge in [0.25, 0.3) is 0 Å². The van der Waals surface area contributed by atoms with Gasteiger partial charge in [0.2, 0.25) is 5.91 Å². The van der Waals surface area contributed by atoms with Gasteiger partial charge < -0.3 is 20.1 Å². The van der Waals surface area contributed by atoms with Gasteiger partial charge in [-0.2, -0.15) is 0 Å². The molecule has 2 rings (SSSR count). The molecule has 25 heavy (non-hydrogen) atoms. The lowest BCUT2D eigenvalue weighted by Gasteiger charge is -2.32. The average molecular weight is 348 g/mol. The molecule has 1 aliphatic heterocycles. The first-order chi connectivity index (χ1) is 12.0. The summed E-state index contributed by atoms with van der Waals surface area (Å²) in [5, 5.41) is 13.2. The summed E-state index contributed by atoms with van der Waals surface area (Å²) in [6.45, 7) is 8.66. The van der Waals surface area contributed by atoms with Gasteiger partial charge in [-0.15, -0.1) is 0 Å². The van der Waals surface area contributed by atoms with Crippen molar-refractivity contribution in [3.05, 3.63) is 29.8 Å². The van der Waals surface area contributed by atoms with Crippen LogP contribution in [0.2, 0.25) is 0 Å². The smallest absolute Gasteiger partial charge is 0.223 e. The number of rotatable bonds is 8. The largest absolute Gasteiger partial charge is 0.491 e. The Balaban J connectivity index is 1.67. The Morgan fingerprint density at radius 3 is 2.48 bits per heavy atom. The Kier molecular flexibility index (Phi) is 7.72. The molecule has 5 nitrogen and oxygen atoms in total. The van der Waals surface area contributed by atoms with Gasteiger partial charge in [0, 0.05) is 18.5 Å². The molecule has 140 valence electrons. The number of benzene rings is 1. The minimum absolute atomic E-state index is 0.101. The molecule has 0 bridgehead atoms. The Hall–Kier alpha value is -1.59. The van der Waals surface area contributed by atoms with Crippen molar-refractivity contribution in [3.63, 3.8) is 0 Å². The van der Waals surface area contributed by atoms with Crippen LogP contribution in [0.3, 0.4) is 0 Å². The molecule has 1 amide bonds. The number of aliphatic hydroxyl groups excluding tert-OH is 1. The summed E-state index contributed by atoms with van der Waals surface area (Å²) in [6.07, 6.45) is 2.19. The van der Waals surface area contributed by atoms with E-state index in [-0.39, 0.29) is 17.9 Å². The van der Waals surface area contributed by atoms with Gasteiger partial charge in [0.1, 0.15) is 18.5 Å². The van der Waals surface area contributed by atoms with Crippen molar-refractivity contribution in [3.8, 4) is 5.75 Å². The maximum atomic E-state index is 12.0. The van der Waals surface area contributed by atoms with Crippen LogP contribution in [0, 0.1) is 5.92 Å². The molecule has 0 spiro atoms. The zero-order chi connectivity index (χ0) is 18.2. The quantitative estimate of drug-likeness (QED) is 0.756.